The summed E-state index contributed by atoms with van der Waals surface area (Å²) in [7, 11) is 0. The maximum atomic E-state index is 3.55. The first-order chi connectivity index (χ1) is 7.47. The molecule has 16 heavy (non-hydrogen) atoms. The van der Waals surface area contributed by atoms with Crippen molar-refractivity contribution in [2.75, 3.05) is 0 Å². The normalized spacial score (nSPS) is 12.2. The first-order valence-corrected chi connectivity index (χ1v) is 6.51. The van der Waals surface area contributed by atoms with E-state index in [0.29, 0.717) is 0 Å². The van der Waals surface area contributed by atoms with Crippen LogP contribution in [0.2, 0.25) is 0 Å². The van der Waals surface area contributed by atoms with Gasteiger partial charge in [-0.3, -0.25) is 0 Å². The average Bonchev–Trinajstić information content (AvgIpc) is 2.53. The number of thiophene rings is 1. The highest BCUT2D eigenvalue weighted by atomic mass is 32.1. The van der Waals surface area contributed by atoms with Crippen molar-refractivity contribution in [2.45, 2.75) is 39.8 Å². The van der Waals surface area contributed by atoms with E-state index in [9.17, 15) is 0 Å². The fourth-order valence-electron chi connectivity index (χ4n) is 1.74. The molecule has 0 unspecified atom stereocenters. The first-order valence-electron chi connectivity index (χ1n) is 5.69. The van der Waals surface area contributed by atoms with Gasteiger partial charge in [-0.25, -0.2) is 0 Å². The Balaban J connectivity index is 2.28. The third kappa shape index (κ3) is 2.45. The number of hydrogen-bond donors (Lipinski definition) is 1. The second-order valence-corrected chi connectivity index (χ2v) is 6.39. The van der Waals surface area contributed by atoms with Crippen molar-refractivity contribution in [3.8, 4) is 0 Å². The quantitative estimate of drug-likeness (QED) is 0.823. The first kappa shape index (κ1) is 11.6. The number of nitrogens with one attached hydrogen (secondary N) is 1. The van der Waals surface area contributed by atoms with Crippen LogP contribution in [-0.2, 0) is 6.54 Å². The van der Waals surface area contributed by atoms with Crippen molar-refractivity contribution in [2.24, 2.45) is 0 Å². The summed E-state index contributed by atoms with van der Waals surface area (Å²) in [4.78, 5) is 1.45. The van der Waals surface area contributed by atoms with Crippen LogP contribution in [-0.4, -0.2) is 5.54 Å². The van der Waals surface area contributed by atoms with Gasteiger partial charge in [-0.1, -0.05) is 18.2 Å². The molecule has 0 spiro atoms. The Morgan fingerprint density at radius 3 is 2.50 bits per heavy atom. The van der Waals surface area contributed by atoms with E-state index in [1.165, 1.54) is 20.5 Å². The fourth-order valence-corrected chi connectivity index (χ4v) is 2.89. The maximum Gasteiger partial charge on any atom is 0.0348 e. The lowest BCUT2D eigenvalue weighted by atomic mass is 10.1. The predicted octanol–water partition coefficient (Wildman–Crippen LogP) is 4.10. The zero-order valence-corrected chi connectivity index (χ0v) is 11.2. The molecule has 1 N–H and O–H groups in total. The van der Waals surface area contributed by atoms with Gasteiger partial charge >= 0.3 is 0 Å². The number of rotatable bonds is 2. The van der Waals surface area contributed by atoms with Gasteiger partial charge in [0, 0.05) is 21.7 Å². The van der Waals surface area contributed by atoms with Crippen molar-refractivity contribution in [3.05, 3.63) is 34.7 Å². The second kappa shape index (κ2) is 4.19. The number of aryl methyl sites for hydroxylation is 1. The summed E-state index contributed by atoms with van der Waals surface area (Å²) in [6.45, 7) is 9.80. The van der Waals surface area contributed by atoms with E-state index in [2.05, 4.69) is 57.3 Å². The lowest BCUT2D eigenvalue weighted by Gasteiger charge is -2.20. The average molecular weight is 233 g/mol. The Morgan fingerprint density at radius 1 is 1.19 bits per heavy atom. The van der Waals surface area contributed by atoms with Crippen molar-refractivity contribution < 1.29 is 0 Å². The monoisotopic (exact) mass is 233 g/mol. The third-order valence-electron chi connectivity index (χ3n) is 2.72. The molecule has 2 heteroatoms. The van der Waals surface area contributed by atoms with Crippen LogP contribution < -0.4 is 5.32 Å². The van der Waals surface area contributed by atoms with E-state index in [0.717, 1.165) is 6.54 Å². The summed E-state index contributed by atoms with van der Waals surface area (Å²) in [5.41, 5.74) is 1.61. The Labute approximate surface area is 101 Å². The van der Waals surface area contributed by atoms with Crippen molar-refractivity contribution in [3.63, 3.8) is 0 Å². The molecular weight excluding hydrogens is 214 g/mol. The molecule has 0 saturated heterocycles. The molecule has 1 heterocycles. The largest absolute Gasteiger partial charge is 0.307 e. The molecule has 1 aromatic heterocycles. The smallest absolute Gasteiger partial charge is 0.0348 e. The molecule has 1 aromatic carbocycles. The van der Waals surface area contributed by atoms with Crippen LogP contribution in [0, 0.1) is 6.92 Å². The molecule has 0 amide bonds. The number of fused-ring (bicyclic) bond motifs is 1. The summed E-state index contributed by atoms with van der Waals surface area (Å²) >= 11 is 1.90. The minimum atomic E-state index is 0.183. The van der Waals surface area contributed by atoms with Gasteiger partial charge in [0.1, 0.15) is 0 Å². The molecule has 0 bridgehead atoms. The molecule has 0 atom stereocenters. The molecular formula is C14H19NS. The Bertz CT molecular complexity index is 491. The van der Waals surface area contributed by atoms with Crippen LogP contribution in [0.1, 0.15) is 31.2 Å². The second-order valence-electron chi connectivity index (χ2n) is 5.25. The summed E-state index contributed by atoms with van der Waals surface area (Å²) < 4.78 is 1.39. The van der Waals surface area contributed by atoms with Crippen LogP contribution in [0.4, 0.5) is 0 Å². The molecule has 1 nitrogen and oxygen atoms in total. The van der Waals surface area contributed by atoms with Gasteiger partial charge in [0.2, 0.25) is 0 Å². The Morgan fingerprint density at radius 2 is 1.88 bits per heavy atom. The standard InChI is InChI=1S/C14H19NS/c1-10-11-7-5-6-8-12(11)16-13(10)9-15-14(2,3)4/h5-8,15H,9H2,1-4H3. The highest BCUT2D eigenvalue weighted by Gasteiger charge is 2.12. The maximum absolute atomic E-state index is 3.55. The van der Waals surface area contributed by atoms with E-state index in [1.807, 2.05) is 11.3 Å². The van der Waals surface area contributed by atoms with Crippen molar-refractivity contribution >= 4 is 21.4 Å². The van der Waals surface area contributed by atoms with Gasteiger partial charge < -0.3 is 5.32 Å². The van der Waals surface area contributed by atoms with Crippen LogP contribution >= 0.6 is 11.3 Å². The van der Waals surface area contributed by atoms with E-state index in [-0.39, 0.29) is 5.54 Å². The molecule has 86 valence electrons. The summed E-state index contributed by atoms with van der Waals surface area (Å²) in [6.07, 6.45) is 0. The summed E-state index contributed by atoms with van der Waals surface area (Å²) in [5, 5.41) is 4.95. The molecule has 0 saturated carbocycles. The molecule has 0 aliphatic carbocycles. The molecule has 2 aromatic rings. The minimum Gasteiger partial charge on any atom is -0.307 e. The van der Waals surface area contributed by atoms with Crippen molar-refractivity contribution in [1.29, 1.82) is 0 Å². The fraction of sp³-hybridized carbons (Fsp3) is 0.429. The topological polar surface area (TPSA) is 12.0 Å². The van der Waals surface area contributed by atoms with Gasteiger partial charge in [0.05, 0.1) is 0 Å². The lowest BCUT2D eigenvalue weighted by Crippen LogP contribution is -2.34. The van der Waals surface area contributed by atoms with Gasteiger partial charge in [0.25, 0.3) is 0 Å². The van der Waals surface area contributed by atoms with Crippen LogP contribution in [0.5, 0.6) is 0 Å². The van der Waals surface area contributed by atoms with Crippen LogP contribution in [0.15, 0.2) is 24.3 Å². The van der Waals surface area contributed by atoms with Gasteiger partial charge in [-0.15, -0.1) is 11.3 Å². The Kier molecular flexibility index (Phi) is 3.04. The highest BCUT2D eigenvalue weighted by molar-refractivity contribution is 7.19. The molecule has 0 aliphatic rings. The summed E-state index contributed by atoms with van der Waals surface area (Å²) in [6, 6.07) is 8.64. The molecule has 0 aliphatic heterocycles. The number of hydrogen-bond acceptors (Lipinski definition) is 2. The molecule has 0 fully saturated rings. The van der Waals surface area contributed by atoms with E-state index in [4.69, 9.17) is 0 Å². The van der Waals surface area contributed by atoms with E-state index >= 15 is 0 Å². The molecule has 2 rings (SSSR count). The SMILES string of the molecule is Cc1c(CNC(C)(C)C)sc2ccccc12. The number of benzene rings is 1. The minimum absolute atomic E-state index is 0.183. The van der Waals surface area contributed by atoms with Gasteiger partial charge in [0.15, 0.2) is 0 Å². The molecule has 0 radical (unpaired) electrons. The highest BCUT2D eigenvalue weighted by Crippen LogP contribution is 2.30. The summed E-state index contributed by atoms with van der Waals surface area (Å²) in [5.74, 6) is 0. The van der Waals surface area contributed by atoms with Crippen molar-refractivity contribution in [1.82, 2.24) is 5.32 Å². The zero-order valence-electron chi connectivity index (χ0n) is 10.4. The lowest BCUT2D eigenvalue weighted by molar-refractivity contribution is 0.426. The van der Waals surface area contributed by atoms with E-state index < -0.39 is 0 Å². The predicted molar refractivity (Wildman–Crippen MR) is 73.2 cm³/mol. The van der Waals surface area contributed by atoms with Gasteiger partial charge in [-0.2, -0.15) is 0 Å². The Hall–Kier alpha value is -0.860. The van der Waals surface area contributed by atoms with Crippen LogP contribution in [0.25, 0.3) is 10.1 Å². The van der Waals surface area contributed by atoms with E-state index in [1.54, 1.807) is 0 Å². The van der Waals surface area contributed by atoms with Crippen LogP contribution in [0.3, 0.4) is 0 Å². The third-order valence-corrected chi connectivity index (χ3v) is 3.99. The van der Waals surface area contributed by atoms with Gasteiger partial charge in [-0.05, 0) is 44.7 Å². The zero-order chi connectivity index (χ0) is 11.8.